The van der Waals surface area contributed by atoms with Crippen LogP contribution in [0.3, 0.4) is 0 Å². The summed E-state index contributed by atoms with van der Waals surface area (Å²) in [5.41, 5.74) is 2.00. The molecule has 1 N–H and O–H groups in total. The van der Waals surface area contributed by atoms with Crippen LogP contribution in [0, 0.1) is 19.3 Å². The first-order valence-electron chi connectivity index (χ1n) is 9.86. The number of ether oxygens (including phenoxy) is 2. The summed E-state index contributed by atoms with van der Waals surface area (Å²) in [6.07, 6.45) is 8.79. The Labute approximate surface area is 196 Å². The molecule has 1 heterocycles. The van der Waals surface area contributed by atoms with E-state index in [1.54, 1.807) is 37.3 Å². The second kappa shape index (κ2) is 10.1. The van der Waals surface area contributed by atoms with Gasteiger partial charge in [-0.1, -0.05) is 29.7 Å². The number of halogens is 1. The summed E-state index contributed by atoms with van der Waals surface area (Å²) in [5.74, 6) is 1.64. The van der Waals surface area contributed by atoms with Crippen molar-refractivity contribution >= 4 is 41.2 Å². The van der Waals surface area contributed by atoms with Gasteiger partial charge in [0.1, 0.15) is 12.2 Å². The molecule has 0 saturated carbocycles. The number of rotatable bonds is 7. The molecule has 0 spiro atoms. The Hall–Kier alpha value is -4.02. The number of aryl methyl sites for hydroxylation is 1. The van der Waals surface area contributed by atoms with E-state index in [4.69, 9.17) is 27.5 Å². The molecule has 2 aromatic rings. The maximum atomic E-state index is 13.2. The van der Waals surface area contributed by atoms with Crippen molar-refractivity contribution in [3.05, 3.63) is 70.3 Å². The molecule has 0 aliphatic carbocycles. The first kappa shape index (κ1) is 23.6. The fourth-order valence-electron chi connectivity index (χ4n) is 3.28. The molecular formula is C25H21ClN2O5. The van der Waals surface area contributed by atoms with Gasteiger partial charge in [-0.3, -0.25) is 14.9 Å². The van der Waals surface area contributed by atoms with Crippen molar-refractivity contribution in [1.29, 1.82) is 0 Å². The predicted octanol–water partition coefficient (Wildman–Crippen LogP) is 4.06. The van der Waals surface area contributed by atoms with E-state index < -0.39 is 17.8 Å². The average molecular weight is 465 g/mol. The Morgan fingerprint density at radius 1 is 1.24 bits per heavy atom. The van der Waals surface area contributed by atoms with Gasteiger partial charge in [-0.05, 0) is 54.8 Å². The van der Waals surface area contributed by atoms with Crippen LogP contribution in [-0.4, -0.2) is 31.6 Å². The fourth-order valence-corrected chi connectivity index (χ4v) is 3.46. The van der Waals surface area contributed by atoms with E-state index in [1.807, 2.05) is 0 Å². The van der Waals surface area contributed by atoms with E-state index in [2.05, 4.69) is 17.8 Å². The van der Waals surface area contributed by atoms with E-state index in [0.29, 0.717) is 34.1 Å². The van der Waals surface area contributed by atoms with Crippen LogP contribution < -0.4 is 19.7 Å². The molecule has 4 amide bonds. The number of imide groups is 2. The molecule has 168 valence electrons. The predicted molar refractivity (Wildman–Crippen MR) is 126 cm³/mol. The van der Waals surface area contributed by atoms with Gasteiger partial charge in [0.25, 0.3) is 11.8 Å². The van der Waals surface area contributed by atoms with Crippen LogP contribution in [-0.2, 0) is 16.0 Å². The van der Waals surface area contributed by atoms with E-state index in [-0.39, 0.29) is 17.9 Å². The highest BCUT2D eigenvalue weighted by Crippen LogP contribution is 2.35. The van der Waals surface area contributed by atoms with Gasteiger partial charge in [-0.25, -0.2) is 9.69 Å². The van der Waals surface area contributed by atoms with Crippen LogP contribution in [0.5, 0.6) is 11.5 Å². The van der Waals surface area contributed by atoms with Gasteiger partial charge < -0.3 is 9.47 Å². The maximum absolute atomic E-state index is 13.2. The molecular weight excluding hydrogens is 444 g/mol. The zero-order valence-corrected chi connectivity index (χ0v) is 18.9. The molecule has 7 nitrogen and oxygen atoms in total. The van der Waals surface area contributed by atoms with Crippen molar-refractivity contribution in [2.45, 2.75) is 13.3 Å². The third kappa shape index (κ3) is 4.92. The first-order valence-corrected chi connectivity index (χ1v) is 10.2. The number of allylic oxidation sites excluding steroid dienone is 1. The molecule has 8 heteroatoms. The second-order valence-corrected chi connectivity index (χ2v) is 7.50. The number of terminal acetylenes is 1. The van der Waals surface area contributed by atoms with Crippen LogP contribution in [0.4, 0.5) is 10.5 Å². The van der Waals surface area contributed by atoms with Crippen molar-refractivity contribution < 1.29 is 23.9 Å². The SMILES string of the molecule is C#CCOc1c(CC=C)cc(C=C2C(=O)NC(=O)N(c3ccc(C)c(Cl)c3)C2=O)cc1OC. The molecule has 1 saturated heterocycles. The Bertz CT molecular complexity index is 1230. The quantitative estimate of drug-likeness (QED) is 0.289. The highest BCUT2D eigenvalue weighted by Gasteiger charge is 2.37. The number of benzene rings is 2. The second-order valence-electron chi connectivity index (χ2n) is 7.09. The van der Waals surface area contributed by atoms with Crippen molar-refractivity contribution in [2.24, 2.45) is 0 Å². The number of anilines is 1. The van der Waals surface area contributed by atoms with Crippen LogP contribution in [0.1, 0.15) is 16.7 Å². The monoisotopic (exact) mass is 464 g/mol. The Morgan fingerprint density at radius 3 is 2.64 bits per heavy atom. The van der Waals surface area contributed by atoms with Gasteiger partial charge >= 0.3 is 6.03 Å². The van der Waals surface area contributed by atoms with Gasteiger partial charge in [-0.2, -0.15) is 0 Å². The van der Waals surface area contributed by atoms with Crippen molar-refractivity contribution in [3.63, 3.8) is 0 Å². The standard InChI is InChI=1S/C25H21ClN2O5/c1-5-7-17-11-16(13-21(32-4)22(17)33-10-6-2)12-19-23(29)27-25(31)28(24(19)30)18-9-8-15(3)20(26)14-18/h2,5,8-9,11-14H,1,7,10H2,3-4H3,(H,27,29,31). The van der Waals surface area contributed by atoms with Gasteiger partial charge in [0.15, 0.2) is 11.5 Å². The normalized spacial score (nSPS) is 14.7. The molecule has 1 aliphatic rings. The summed E-state index contributed by atoms with van der Waals surface area (Å²) in [7, 11) is 1.46. The van der Waals surface area contributed by atoms with Gasteiger partial charge in [0.05, 0.1) is 12.8 Å². The number of carbonyl (C=O) groups is 3. The number of carbonyl (C=O) groups excluding carboxylic acids is 3. The maximum Gasteiger partial charge on any atom is 0.335 e. The zero-order valence-electron chi connectivity index (χ0n) is 18.1. The smallest absolute Gasteiger partial charge is 0.335 e. The largest absolute Gasteiger partial charge is 0.493 e. The molecule has 0 bridgehead atoms. The van der Waals surface area contributed by atoms with Crippen molar-refractivity contribution in [3.8, 4) is 23.8 Å². The van der Waals surface area contributed by atoms with Crippen LogP contribution >= 0.6 is 11.6 Å². The Morgan fingerprint density at radius 2 is 2.00 bits per heavy atom. The summed E-state index contributed by atoms with van der Waals surface area (Å²) < 4.78 is 11.0. The average Bonchev–Trinajstić information content (AvgIpc) is 2.78. The number of barbiturate groups is 1. The minimum absolute atomic E-state index is 0.0397. The molecule has 33 heavy (non-hydrogen) atoms. The summed E-state index contributed by atoms with van der Waals surface area (Å²) in [5, 5.41) is 2.58. The number of hydrogen-bond donors (Lipinski definition) is 1. The van der Waals surface area contributed by atoms with Crippen LogP contribution in [0.15, 0.2) is 48.6 Å². The molecule has 1 aliphatic heterocycles. The minimum atomic E-state index is -0.856. The molecule has 0 unspecified atom stereocenters. The molecule has 0 atom stereocenters. The lowest BCUT2D eigenvalue weighted by Crippen LogP contribution is -2.54. The molecule has 0 radical (unpaired) electrons. The number of hydrogen-bond acceptors (Lipinski definition) is 5. The first-order chi connectivity index (χ1) is 15.8. The van der Waals surface area contributed by atoms with E-state index in [0.717, 1.165) is 10.5 Å². The number of urea groups is 1. The highest BCUT2D eigenvalue weighted by molar-refractivity contribution is 6.39. The Kier molecular flexibility index (Phi) is 7.21. The lowest BCUT2D eigenvalue weighted by atomic mass is 10.0. The Balaban J connectivity index is 2.07. The molecule has 0 aromatic heterocycles. The topological polar surface area (TPSA) is 84.9 Å². The van der Waals surface area contributed by atoms with E-state index in [9.17, 15) is 14.4 Å². The number of amides is 4. The zero-order chi connectivity index (χ0) is 24.1. The summed E-state index contributed by atoms with van der Waals surface area (Å²) in [4.78, 5) is 39.0. The third-order valence-corrected chi connectivity index (χ3v) is 5.27. The third-order valence-electron chi connectivity index (χ3n) is 4.86. The lowest BCUT2D eigenvalue weighted by Gasteiger charge is -2.26. The minimum Gasteiger partial charge on any atom is -0.493 e. The molecule has 2 aromatic carbocycles. The van der Waals surface area contributed by atoms with Crippen LogP contribution in [0.25, 0.3) is 6.08 Å². The van der Waals surface area contributed by atoms with Gasteiger partial charge in [0, 0.05) is 10.6 Å². The van der Waals surface area contributed by atoms with Gasteiger partial charge in [-0.15, -0.1) is 13.0 Å². The number of nitrogens with zero attached hydrogens (tertiary/aromatic N) is 1. The summed E-state index contributed by atoms with van der Waals surface area (Å²) >= 11 is 6.16. The summed E-state index contributed by atoms with van der Waals surface area (Å²) in [6, 6.07) is 7.23. The van der Waals surface area contributed by atoms with Gasteiger partial charge in [0.2, 0.25) is 0 Å². The summed E-state index contributed by atoms with van der Waals surface area (Å²) in [6.45, 7) is 5.58. The van der Waals surface area contributed by atoms with E-state index in [1.165, 1.54) is 19.3 Å². The number of nitrogens with one attached hydrogen (secondary N) is 1. The fraction of sp³-hybridized carbons (Fsp3) is 0.160. The molecule has 1 fully saturated rings. The van der Waals surface area contributed by atoms with Crippen molar-refractivity contribution in [2.75, 3.05) is 18.6 Å². The van der Waals surface area contributed by atoms with Crippen LogP contribution in [0.2, 0.25) is 5.02 Å². The van der Waals surface area contributed by atoms with E-state index >= 15 is 0 Å². The lowest BCUT2D eigenvalue weighted by molar-refractivity contribution is -0.122. The highest BCUT2D eigenvalue weighted by atomic mass is 35.5. The van der Waals surface area contributed by atoms with Crippen molar-refractivity contribution in [1.82, 2.24) is 5.32 Å². The molecule has 3 rings (SSSR count). The number of methoxy groups -OCH3 is 1.